The topological polar surface area (TPSA) is 105 Å². The number of carboxylic acid groups (broad SMARTS) is 1. The average molecular weight is 488 g/mol. The molecular weight excluding hydrogens is 463 g/mol. The molecule has 14 heteroatoms. The van der Waals surface area contributed by atoms with Gasteiger partial charge in [0.2, 0.25) is 0 Å². The Bertz CT molecular complexity index is 904. The Labute approximate surface area is 182 Å². The van der Waals surface area contributed by atoms with Crippen LogP contribution in [0.3, 0.4) is 0 Å². The molecule has 1 aromatic heterocycles. The predicted octanol–water partition coefficient (Wildman–Crippen LogP) is 2.75. The molecule has 1 aliphatic heterocycles. The standard InChI is InChI=1S/C18H25F5N4O4S/c1-11(2)10-32(23,17(31)24-5-3-16(29)30)27-15(28)7-13(18(20,21)22)14(25-27)4-6-26-8-12(19)9-26/h7,11-12H,3-6,8-10H2,1-2H3,(H,24,31)(H,29,30). The van der Waals surface area contributed by atoms with Crippen molar-refractivity contribution in [2.24, 2.45) is 5.92 Å². The van der Waals surface area contributed by atoms with Gasteiger partial charge in [0.1, 0.15) is 6.17 Å². The first-order valence-electron chi connectivity index (χ1n) is 9.81. The number of hydrogen-bond acceptors (Lipinski definition) is 5. The highest BCUT2D eigenvalue weighted by molar-refractivity contribution is 8.40. The van der Waals surface area contributed by atoms with Crippen molar-refractivity contribution in [3.05, 3.63) is 27.7 Å². The largest absolute Gasteiger partial charge is 0.481 e. The Kier molecular flexibility index (Phi) is 8.26. The number of aliphatic carboxylic acids is 1. The molecule has 1 atom stereocenters. The van der Waals surface area contributed by atoms with Gasteiger partial charge in [-0.1, -0.05) is 13.8 Å². The summed E-state index contributed by atoms with van der Waals surface area (Å²) in [6.45, 7) is 2.81. The Morgan fingerprint density at radius 3 is 2.47 bits per heavy atom. The molecule has 2 N–H and O–H groups in total. The van der Waals surface area contributed by atoms with Crippen molar-refractivity contribution < 1.29 is 36.1 Å². The number of amides is 1. The molecule has 0 radical (unpaired) electrons. The van der Waals surface area contributed by atoms with Gasteiger partial charge in [-0.05, 0) is 5.92 Å². The lowest BCUT2D eigenvalue weighted by Gasteiger charge is -2.34. The summed E-state index contributed by atoms with van der Waals surface area (Å²) in [4.78, 5) is 37.2. The minimum atomic E-state index is -4.94. The second-order valence-corrected chi connectivity index (χ2v) is 10.1. The van der Waals surface area contributed by atoms with E-state index in [-0.39, 0.29) is 36.2 Å². The van der Waals surface area contributed by atoms with E-state index in [2.05, 4.69) is 10.4 Å². The quantitative estimate of drug-likeness (QED) is 0.518. The summed E-state index contributed by atoms with van der Waals surface area (Å²) in [5, 5.41) is 13.1. The number of rotatable bonds is 9. The maximum absolute atomic E-state index is 16.0. The van der Waals surface area contributed by atoms with E-state index in [0.717, 1.165) is 0 Å². The van der Waals surface area contributed by atoms with Crippen LogP contribution in [0.5, 0.6) is 0 Å². The van der Waals surface area contributed by atoms with E-state index >= 15 is 3.89 Å². The number of halogens is 5. The first kappa shape index (κ1) is 26.0. The highest BCUT2D eigenvalue weighted by Gasteiger charge is 2.41. The summed E-state index contributed by atoms with van der Waals surface area (Å²) in [6.07, 6.45) is -6.84. The van der Waals surface area contributed by atoms with Gasteiger partial charge in [0, 0.05) is 44.4 Å². The molecule has 2 heterocycles. The molecule has 0 spiro atoms. The van der Waals surface area contributed by atoms with Crippen molar-refractivity contribution in [1.82, 2.24) is 19.4 Å². The zero-order valence-electron chi connectivity index (χ0n) is 17.5. The van der Waals surface area contributed by atoms with Crippen molar-refractivity contribution in [3.63, 3.8) is 0 Å². The van der Waals surface area contributed by atoms with E-state index in [9.17, 15) is 31.9 Å². The number of carbonyl (C=O) groups excluding carboxylic acids is 1. The van der Waals surface area contributed by atoms with Gasteiger partial charge < -0.3 is 10.4 Å². The lowest BCUT2D eigenvalue weighted by Crippen LogP contribution is -2.49. The number of nitrogens with zero attached hydrogens (tertiary/aromatic N) is 3. The highest BCUT2D eigenvalue weighted by Crippen LogP contribution is 2.51. The van der Waals surface area contributed by atoms with Gasteiger partial charge in [0.05, 0.1) is 28.3 Å². The number of aromatic nitrogens is 2. The Hall–Kier alpha value is -2.22. The van der Waals surface area contributed by atoms with E-state index in [1.165, 1.54) is 0 Å². The van der Waals surface area contributed by atoms with Crippen LogP contribution in [0.4, 0.5) is 26.2 Å². The minimum absolute atomic E-state index is 0.0122. The van der Waals surface area contributed by atoms with Crippen molar-refractivity contribution in [3.8, 4) is 0 Å². The van der Waals surface area contributed by atoms with E-state index in [4.69, 9.17) is 5.11 Å². The number of nitrogens with one attached hydrogen (secondary N) is 1. The molecule has 0 bridgehead atoms. The number of alkyl halides is 4. The number of likely N-dealkylation sites (tertiary alicyclic amines) is 1. The van der Waals surface area contributed by atoms with E-state index < -0.39 is 75.6 Å². The third-order valence-corrected chi connectivity index (χ3v) is 7.21. The van der Waals surface area contributed by atoms with Crippen molar-refractivity contribution in [2.75, 3.05) is 31.9 Å². The lowest BCUT2D eigenvalue weighted by atomic mass is 10.1. The number of hydrogen-bond donors (Lipinski definition) is 2. The Balaban J connectivity index is 2.44. The predicted molar refractivity (Wildman–Crippen MR) is 108 cm³/mol. The molecule has 0 aromatic carbocycles. The summed E-state index contributed by atoms with van der Waals surface area (Å²) < 4.78 is 69.5. The molecule has 2 rings (SSSR count). The zero-order chi connectivity index (χ0) is 24.3. The van der Waals surface area contributed by atoms with Crippen LogP contribution in [0.25, 0.3) is 0 Å². The zero-order valence-corrected chi connectivity index (χ0v) is 18.3. The van der Waals surface area contributed by atoms with Crippen LogP contribution in [-0.2, 0) is 17.4 Å². The first-order chi connectivity index (χ1) is 14.7. The van der Waals surface area contributed by atoms with Crippen LogP contribution in [0.2, 0.25) is 0 Å². The van der Waals surface area contributed by atoms with E-state index in [1.807, 2.05) is 0 Å². The van der Waals surface area contributed by atoms with Crippen LogP contribution in [-0.4, -0.2) is 68.5 Å². The summed E-state index contributed by atoms with van der Waals surface area (Å²) in [6, 6.07) is 0.211. The maximum atomic E-state index is 16.0. The van der Waals surface area contributed by atoms with Crippen LogP contribution in [0, 0.1) is 5.92 Å². The molecule has 0 aliphatic carbocycles. The molecule has 1 amide bonds. The first-order valence-corrected chi connectivity index (χ1v) is 11.5. The van der Waals surface area contributed by atoms with Gasteiger partial charge >= 0.3 is 17.4 Å². The van der Waals surface area contributed by atoms with Crippen LogP contribution < -0.4 is 10.9 Å². The lowest BCUT2D eigenvalue weighted by molar-refractivity contribution is -0.139. The smallest absolute Gasteiger partial charge is 0.418 e. The van der Waals surface area contributed by atoms with Gasteiger partial charge in [0.15, 0.2) is 0 Å². The van der Waals surface area contributed by atoms with Crippen molar-refractivity contribution in [2.45, 2.75) is 39.0 Å². The Morgan fingerprint density at radius 1 is 1.34 bits per heavy atom. The molecule has 32 heavy (non-hydrogen) atoms. The summed E-state index contributed by atoms with van der Waals surface area (Å²) in [5.41, 5.74) is -3.40. The molecule has 1 aromatic rings. The van der Waals surface area contributed by atoms with Crippen LogP contribution >= 0.6 is 10.6 Å². The van der Waals surface area contributed by atoms with Gasteiger partial charge in [-0.15, -0.1) is 0 Å². The summed E-state index contributed by atoms with van der Waals surface area (Å²) >= 11 is 0. The molecule has 1 unspecified atom stereocenters. The molecular formula is C18H25F5N4O4S. The van der Waals surface area contributed by atoms with E-state index in [0.29, 0.717) is 0 Å². The number of carbonyl (C=O) groups is 2. The van der Waals surface area contributed by atoms with Crippen LogP contribution in [0.15, 0.2) is 10.9 Å². The van der Waals surface area contributed by atoms with Gasteiger partial charge in [0.25, 0.3) is 5.56 Å². The third kappa shape index (κ3) is 6.40. The van der Waals surface area contributed by atoms with Crippen molar-refractivity contribution >= 4 is 21.8 Å². The van der Waals surface area contributed by atoms with Crippen LogP contribution in [0.1, 0.15) is 31.5 Å². The molecule has 1 aliphatic rings. The second kappa shape index (κ2) is 10.1. The Morgan fingerprint density at radius 2 is 1.97 bits per heavy atom. The number of carboxylic acids is 1. The molecule has 0 saturated carbocycles. The average Bonchev–Trinajstić information content (AvgIpc) is 2.62. The maximum Gasteiger partial charge on any atom is 0.418 e. The fraction of sp³-hybridized carbons (Fsp3) is 0.667. The third-order valence-electron chi connectivity index (χ3n) is 4.58. The highest BCUT2D eigenvalue weighted by atomic mass is 32.3. The minimum Gasteiger partial charge on any atom is -0.481 e. The van der Waals surface area contributed by atoms with Gasteiger partial charge in [-0.25, -0.2) is 4.39 Å². The summed E-state index contributed by atoms with van der Waals surface area (Å²) in [5.74, 6) is -2.22. The van der Waals surface area contributed by atoms with Gasteiger partial charge in [-0.2, -0.15) is 26.2 Å². The molecule has 1 saturated heterocycles. The molecule has 1 fully saturated rings. The normalized spacial score (nSPS) is 18.1. The SMILES string of the molecule is CC(C)CS(F)(C(=O)NCCC(=O)O)n1nc(CCN2CC(F)C2)c(C(F)(F)F)cc1=O. The van der Waals surface area contributed by atoms with Crippen molar-refractivity contribution in [1.29, 1.82) is 0 Å². The fourth-order valence-electron chi connectivity index (χ4n) is 3.11. The van der Waals surface area contributed by atoms with Gasteiger partial charge in [-0.3, -0.25) is 19.3 Å². The second-order valence-electron chi connectivity index (χ2n) is 7.86. The summed E-state index contributed by atoms with van der Waals surface area (Å²) in [7, 11) is -4.24. The van der Waals surface area contributed by atoms with E-state index in [1.54, 1.807) is 18.7 Å². The molecule has 182 valence electrons. The monoisotopic (exact) mass is 488 g/mol. The fourth-order valence-corrected chi connectivity index (χ4v) is 5.34. The molecule has 8 nitrogen and oxygen atoms in total.